The van der Waals surface area contributed by atoms with Crippen molar-refractivity contribution in [1.82, 2.24) is 4.90 Å². The molecule has 1 N–H and O–H groups in total. The van der Waals surface area contributed by atoms with E-state index in [0.29, 0.717) is 6.54 Å². The third-order valence-corrected chi connectivity index (χ3v) is 5.08. The highest BCUT2D eigenvalue weighted by atomic mass is 32.1. The Morgan fingerprint density at radius 1 is 1.25 bits per heavy atom. The zero-order chi connectivity index (χ0) is 14.4. The van der Waals surface area contributed by atoms with Crippen LogP contribution in [0, 0.1) is 0 Å². The Morgan fingerprint density at radius 3 is 2.70 bits per heavy atom. The van der Waals surface area contributed by atoms with Crippen LogP contribution in [-0.4, -0.2) is 35.6 Å². The molecule has 1 heterocycles. The third kappa shape index (κ3) is 3.83. The van der Waals surface area contributed by atoms with Gasteiger partial charge in [0.2, 0.25) is 0 Å². The molecule has 0 aliphatic heterocycles. The largest absolute Gasteiger partial charge is 0.395 e. The van der Waals surface area contributed by atoms with Crippen LogP contribution < -0.4 is 0 Å². The fraction of sp³-hybridized carbons (Fsp3) is 0.688. The minimum Gasteiger partial charge on any atom is -0.395 e. The molecule has 4 heteroatoms. The highest BCUT2D eigenvalue weighted by Crippen LogP contribution is 2.29. The number of amides is 1. The first-order valence-corrected chi connectivity index (χ1v) is 8.59. The minimum atomic E-state index is 0.0385. The first-order valence-electron chi connectivity index (χ1n) is 7.78. The van der Waals surface area contributed by atoms with Crippen molar-refractivity contribution in [2.75, 3.05) is 19.7 Å². The predicted molar refractivity (Wildman–Crippen MR) is 83.5 cm³/mol. The van der Waals surface area contributed by atoms with Crippen LogP contribution in [0.15, 0.2) is 6.07 Å². The molecule has 1 aromatic rings. The van der Waals surface area contributed by atoms with Crippen LogP contribution in [-0.2, 0) is 12.8 Å². The molecule has 0 atom stereocenters. The lowest BCUT2D eigenvalue weighted by atomic mass is 10.00. The average Bonchev–Trinajstić information content (AvgIpc) is 2.80. The van der Waals surface area contributed by atoms with Gasteiger partial charge in [0.05, 0.1) is 11.5 Å². The molecule has 112 valence electrons. The van der Waals surface area contributed by atoms with E-state index in [0.717, 1.165) is 30.7 Å². The fourth-order valence-electron chi connectivity index (χ4n) is 2.81. The summed E-state index contributed by atoms with van der Waals surface area (Å²) in [7, 11) is 0. The molecule has 0 spiro atoms. The number of aliphatic hydroxyl groups is 1. The maximum atomic E-state index is 12.5. The lowest BCUT2D eigenvalue weighted by molar-refractivity contribution is 0.0726. The number of fused-ring (bicyclic) bond motifs is 1. The molecule has 0 fully saturated rings. The van der Waals surface area contributed by atoms with E-state index in [1.807, 2.05) is 0 Å². The van der Waals surface area contributed by atoms with Gasteiger partial charge in [-0.1, -0.05) is 19.8 Å². The normalized spacial score (nSPS) is 15.3. The van der Waals surface area contributed by atoms with E-state index in [1.165, 1.54) is 36.1 Å². The molecule has 0 saturated heterocycles. The summed E-state index contributed by atoms with van der Waals surface area (Å²) in [4.78, 5) is 16.6. The quantitative estimate of drug-likeness (QED) is 0.906. The molecule has 0 radical (unpaired) electrons. The molecule has 1 aromatic heterocycles. The molecule has 0 saturated carbocycles. The van der Waals surface area contributed by atoms with Gasteiger partial charge in [0.25, 0.3) is 5.91 Å². The Morgan fingerprint density at radius 2 is 2.00 bits per heavy atom. The van der Waals surface area contributed by atoms with Crippen molar-refractivity contribution in [3.63, 3.8) is 0 Å². The molecule has 0 aromatic carbocycles. The smallest absolute Gasteiger partial charge is 0.264 e. The minimum absolute atomic E-state index is 0.0385. The van der Waals surface area contributed by atoms with E-state index in [1.54, 1.807) is 16.2 Å². The van der Waals surface area contributed by atoms with Gasteiger partial charge < -0.3 is 10.0 Å². The van der Waals surface area contributed by atoms with Crippen LogP contribution in [0.2, 0.25) is 0 Å². The summed E-state index contributed by atoms with van der Waals surface area (Å²) >= 11 is 1.67. The molecule has 1 amide bonds. The van der Waals surface area contributed by atoms with Crippen LogP contribution in [0.1, 0.15) is 59.1 Å². The summed E-state index contributed by atoms with van der Waals surface area (Å²) in [6, 6.07) is 2.10. The topological polar surface area (TPSA) is 40.5 Å². The van der Waals surface area contributed by atoms with Gasteiger partial charge in [0.1, 0.15) is 0 Å². The number of carbonyl (C=O) groups excluding carboxylic acids is 1. The van der Waals surface area contributed by atoms with E-state index in [4.69, 9.17) is 5.11 Å². The Kier molecular flexibility index (Phi) is 6.05. The maximum Gasteiger partial charge on any atom is 0.264 e. The lowest BCUT2D eigenvalue weighted by Gasteiger charge is -2.20. The second-order valence-electron chi connectivity index (χ2n) is 5.49. The van der Waals surface area contributed by atoms with Crippen molar-refractivity contribution < 1.29 is 9.90 Å². The van der Waals surface area contributed by atoms with Gasteiger partial charge in [0, 0.05) is 18.0 Å². The summed E-state index contributed by atoms with van der Waals surface area (Å²) in [5, 5.41) is 9.11. The summed E-state index contributed by atoms with van der Waals surface area (Å²) < 4.78 is 0. The second kappa shape index (κ2) is 7.79. The lowest BCUT2D eigenvalue weighted by Crippen LogP contribution is -2.33. The molecule has 3 nitrogen and oxygen atoms in total. The number of rotatable bonds is 5. The monoisotopic (exact) mass is 295 g/mol. The zero-order valence-electron chi connectivity index (χ0n) is 12.4. The van der Waals surface area contributed by atoms with Gasteiger partial charge in [-0.2, -0.15) is 0 Å². The van der Waals surface area contributed by atoms with Gasteiger partial charge in [0.15, 0.2) is 0 Å². The van der Waals surface area contributed by atoms with E-state index < -0.39 is 0 Å². The summed E-state index contributed by atoms with van der Waals surface area (Å²) in [5.41, 5.74) is 1.39. The van der Waals surface area contributed by atoms with E-state index in [9.17, 15) is 4.79 Å². The van der Waals surface area contributed by atoms with Gasteiger partial charge in [-0.05, 0) is 43.7 Å². The van der Waals surface area contributed by atoms with E-state index in [2.05, 4.69) is 13.0 Å². The average molecular weight is 295 g/mol. The van der Waals surface area contributed by atoms with Gasteiger partial charge in [-0.3, -0.25) is 4.79 Å². The molecule has 20 heavy (non-hydrogen) atoms. The first kappa shape index (κ1) is 15.5. The molecule has 2 rings (SSSR count). The molecular formula is C16H25NO2S. The molecule has 0 unspecified atom stereocenters. The van der Waals surface area contributed by atoms with Crippen molar-refractivity contribution in [1.29, 1.82) is 0 Å². The van der Waals surface area contributed by atoms with Crippen LogP contribution in [0.4, 0.5) is 0 Å². The first-order chi connectivity index (χ1) is 9.76. The number of carbonyl (C=O) groups is 1. The van der Waals surface area contributed by atoms with E-state index in [-0.39, 0.29) is 12.5 Å². The fourth-order valence-corrected chi connectivity index (χ4v) is 4.03. The third-order valence-electron chi connectivity index (χ3n) is 3.86. The maximum absolute atomic E-state index is 12.5. The number of nitrogens with zero attached hydrogens (tertiary/aromatic N) is 1. The van der Waals surface area contributed by atoms with Crippen molar-refractivity contribution in [3.05, 3.63) is 21.4 Å². The second-order valence-corrected chi connectivity index (χ2v) is 6.63. The highest BCUT2D eigenvalue weighted by molar-refractivity contribution is 7.14. The van der Waals surface area contributed by atoms with Crippen LogP contribution in [0.25, 0.3) is 0 Å². The van der Waals surface area contributed by atoms with Crippen molar-refractivity contribution >= 4 is 17.2 Å². The Balaban J connectivity index is 2.14. The van der Waals surface area contributed by atoms with Crippen LogP contribution in [0.5, 0.6) is 0 Å². The van der Waals surface area contributed by atoms with Crippen molar-refractivity contribution in [3.8, 4) is 0 Å². The highest BCUT2D eigenvalue weighted by Gasteiger charge is 2.20. The summed E-state index contributed by atoms with van der Waals surface area (Å²) in [6.45, 7) is 3.26. The molecular weight excluding hydrogens is 270 g/mol. The van der Waals surface area contributed by atoms with E-state index >= 15 is 0 Å². The zero-order valence-corrected chi connectivity index (χ0v) is 13.2. The Bertz CT molecular complexity index is 410. The Hall–Kier alpha value is -0.870. The molecule has 1 aliphatic carbocycles. The SMILES string of the molecule is CCCN(CCO)C(=O)c1cc2c(s1)CCCCCC2. The number of aliphatic hydroxyl groups excluding tert-OH is 1. The van der Waals surface area contributed by atoms with Crippen LogP contribution >= 0.6 is 11.3 Å². The van der Waals surface area contributed by atoms with Gasteiger partial charge in [-0.15, -0.1) is 11.3 Å². The molecule has 1 aliphatic rings. The number of aryl methyl sites for hydroxylation is 2. The summed E-state index contributed by atoms with van der Waals surface area (Å²) in [5.74, 6) is 0.0950. The van der Waals surface area contributed by atoms with Gasteiger partial charge >= 0.3 is 0 Å². The number of hydrogen-bond acceptors (Lipinski definition) is 3. The van der Waals surface area contributed by atoms with Crippen LogP contribution in [0.3, 0.4) is 0 Å². The number of hydrogen-bond donors (Lipinski definition) is 1. The predicted octanol–water partition coefficient (Wildman–Crippen LogP) is 3.25. The number of thiophene rings is 1. The van der Waals surface area contributed by atoms with Crippen molar-refractivity contribution in [2.24, 2.45) is 0 Å². The van der Waals surface area contributed by atoms with Gasteiger partial charge in [-0.25, -0.2) is 0 Å². The van der Waals surface area contributed by atoms with Crippen molar-refractivity contribution in [2.45, 2.75) is 51.9 Å². The summed E-state index contributed by atoms with van der Waals surface area (Å²) in [6.07, 6.45) is 8.28. The Labute approximate surface area is 125 Å². The standard InChI is InChI=1S/C16H25NO2S/c1-2-9-17(10-11-18)16(19)15-12-13-7-5-3-4-6-8-14(13)20-15/h12,18H,2-11H2,1H3. The molecule has 0 bridgehead atoms.